The first-order chi connectivity index (χ1) is 9.99. The molecule has 0 fully saturated rings. The van der Waals surface area contributed by atoms with E-state index in [4.69, 9.17) is 4.74 Å². The molecule has 1 aromatic heterocycles. The molecule has 0 aliphatic heterocycles. The third-order valence-electron chi connectivity index (χ3n) is 3.37. The Kier molecular flexibility index (Phi) is 5.15. The lowest BCUT2D eigenvalue weighted by atomic mass is 10.1. The molecule has 0 aliphatic carbocycles. The quantitative estimate of drug-likeness (QED) is 0.762. The molecule has 0 aliphatic rings. The SMILES string of the molecule is COc1ccc(CN(C)CC(=O)c2cc(C)sc2C)cc1. The normalized spacial score (nSPS) is 10.9. The minimum absolute atomic E-state index is 0.188. The van der Waals surface area contributed by atoms with E-state index in [-0.39, 0.29) is 5.78 Å². The van der Waals surface area contributed by atoms with Crippen molar-refractivity contribution in [1.29, 1.82) is 0 Å². The first kappa shape index (κ1) is 15.7. The highest BCUT2D eigenvalue weighted by Crippen LogP contribution is 2.21. The van der Waals surface area contributed by atoms with Crippen molar-refractivity contribution >= 4 is 17.1 Å². The Morgan fingerprint density at radius 2 is 1.90 bits per heavy atom. The van der Waals surface area contributed by atoms with Gasteiger partial charge in [-0.3, -0.25) is 9.69 Å². The molecule has 0 atom stereocenters. The summed E-state index contributed by atoms with van der Waals surface area (Å²) in [6.45, 7) is 5.23. The molecule has 1 aromatic carbocycles. The maximum Gasteiger partial charge on any atom is 0.177 e. The third kappa shape index (κ3) is 4.16. The highest BCUT2D eigenvalue weighted by molar-refractivity contribution is 7.12. The maximum absolute atomic E-state index is 12.3. The Morgan fingerprint density at radius 3 is 2.43 bits per heavy atom. The van der Waals surface area contributed by atoms with Crippen LogP contribution in [0.15, 0.2) is 30.3 Å². The highest BCUT2D eigenvalue weighted by atomic mass is 32.1. The summed E-state index contributed by atoms with van der Waals surface area (Å²) < 4.78 is 5.15. The number of Topliss-reactive ketones (excluding diaryl/α,β-unsaturated/α-hetero) is 1. The van der Waals surface area contributed by atoms with Crippen LogP contribution in [0, 0.1) is 13.8 Å². The number of aryl methyl sites for hydroxylation is 2. The molecule has 3 nitrogen and oxygen atoms in total. The van der Waals surface area contributed by atoms with Crippen molar-refractivity contribution in [3.05, 3.63) is 51.2 Å². The number of thiophene rings is 1. The third-order valence-corrected chi connectivity index (χ3v) is 4.33. The molecule has 4 heteroatoms. The van der Waals surface area contributed by atoms with E-state index >= 15 is 0 Å². The Balaban J connectivity index is 1.96. The molecular weight excluding hydrogens is 282 g/mol. The van der Waals surface area contributed by atoms with Crippen molar-refractivity contribution in [3.8, 4) is 5.75 Å². The van der Waals surface area contributed by atoms with Gasteiger partial charge >= 0.3 is 0 Å². The van der Waals surface area contributed by atoms with Crippen LogP contribution in [0.4, 0.5) is 0 Å². The van der Waals surface area contributed by atoms with Gasteiger partial charge in [-0.15, -0.1) is 11.3 Å². The average molecular weight is 303 g/mol. The molecule has 21 heavy (non-hydrogen) atoms. The fourth-order valence-corrected chi connectivity index (χ4v) is 3.28. The highest BCUT2D eigenvalue weighted by Gasteiger charge is 2.14. The molecule has 0 N–H and O–H groups in total. The number of ether oxygens (including phenoxy) is 1. The molecule has 0 unspecified atom stereocenters. The van der Waals surface area contributed by atoms with Gasteiger partial charge in [0.1, 0.15) is 5.75 Å². The van der Waals surface area contributed by atoms with Crippen LogP contribution in [0.25, 0.3) is 0 Å². The molecule has 0 saturated carbocycles. The molecule has 2 rings (SSSR count). The van der Waals surface area contributed by atoms with Crippen molar-refractivity contribution < 1.29 is 9.53 Å². The monoisotopic (exact) mass is 303 g/mol. The largest absolute Gasteiger partial charge is 0.497 e. The van der Waals surface area contributed by atoms with Gasteiger partial charge in [0.05, 0.1) is 13.7 Å². The van der Waals surface area contributed by atoms with E-state index in [1.165, 1.54) is 10.4 Å². The molecule has 0 radical (unpaired) electrons. The summed E-state index contributed by atoms with van der Waals surface area (Å²) in [5, 5.41) is 0. The topological polar surface area (TPSA) is 29.5 Å². The Labute approximate surface area is 130 Å². The summed E-state index contributed by atoms with van der Waals surface area (Å²) in [6, 6.07) is 9.93. The smallest absolute Gasteiger partial charge is 0.177 e. The van der Waals surface area contributed by atoms with Crippen LogP contribution in [0.5, 0.6) is 5.75 Å². The van der Waals surface area contributed by atoms with Crippen LogP contribution in [-0.4, -0.2) is 31.4 Å². The second-order valence-corrected chi connectivity index (χ2v) is 6.73. The Hall–Kier alpha value is -1.65. The standard InChI is InChI=1S/C17H21NO2S/c1-12-9-16(13(2)21-12)17(19)11-18(3)10-14-5-7-15(20-4)8-6-14/h5-9H,10-11H2,1-4H3. The van der Waals surface area contributed by atoms with Gasteiger partial charge in [0.15, 0.2) is 5.78 Å². The molecule has 0 amide bonds. The molecule has 0 bridgehead atoms. The van der Waals surface area contributed by atoms with Gasteiger partial charge in [0.2, 0.25) is 0 Å². The first-order valence-corrected chi connectivity index (χ1v) is 7.73. The van der Waals surface area contributed by atoms with Gasteiger partial charge in [-0.05, 0) is 44.7 Å². The first-order valence-electron chi connectivity index (χ1n) is 6.91. The number of nitrogens with zero attached hydrogens (tertiary/aromatic N) is 1. The number of hydrogen-bond acceptors (Lipinski definition) is 4. The van der Waals surface area contributed by atoms with Crippen LogP contribution >= 0.6 is 11.3 Å². The van der Waals surface area contributed by atoms with E-state index in [9.17, 15) is 4.79 Å². The molecule has 2 aromatic rings. The van der Waals surface area contributed by atoms with Crippen LogP contribution < -0.4 is 4.74 Å². The zero-order valence-corrected chi connectivity index (χ0v) is 13.8. The number of benzene rings is 1. The maximum atomic E-state index is 12.3. The van der Waals surface area contributed by atoms with E-state index in [1.807, 2.05) is 56.1 Å². The predicted molar refractivity (Wildman–Crippen MR) is 87.5 cm³/mol. The second kappa shape index (κ2) is 6.87. The van der Waals surface area contributed by atoms with Crippen molar-refractivity contribution in [3.63, 3.8) is 0 Å². The van der Waals surface area contributed by atoms with E-state index in [0.717, 1.165) is 22.7 Å². The summed E-state index contributed by atoms with van der Waals surface area (Å²) in [5.74, 6) is 1.04. The van der Waals surface area contributed by atoms with E-state index < -0.39 is 0 Å². The van der Waals surface area contributed by atoms with Gasteiger partial charge in [0.25, 0.3) is 0 Å². The fraction of sp³-hybridized carbons (Fsp3) is 0.353. The number of methoxy groups -OCH3 is 1. The van der Waals surface area contributed by atoms with E-state index in [0.29, 0.717) is 6.54 Å². The summed E-state index contributed by atoms with van der Waals surface area (Å²) in [7, 11) is 3.63. The lowest BCUT2D eigenvalue weighted by Gasteiger charge is -2.16. The van der Waals surface area contributed by atoms with Gasteiger partial charge < -0.3 is 4.74 Å². The molecule has 112 valence electrons. The molecule has 0 spiro atoms. The fourth-order valence-electron chi connectivity index (χ4n) is 2.34. The molecule has 1 heterocycles. The van der Waals surface area contributed by atoms with Crippen LogP contribution in [-0.2, 0) is 6.54 Å². The Morgan fingerprint density at radius 1 is 1.24 bits per heavy atom. The Bertz CT molecular complexity index is 616. The molecular formula is C17H21NO2S. The summed E-state index contributed by atoms with van der Waals surface area (Å²) >= 11 is 1.68. The number of hydrogen-bond donors (Lipinski definition) is 0. The summed E-state index contributed by atoms with van der Waals surface area (Å²) in [4.78, 5) is 16.7. The number of ketones is 1. The van der Waals surface area contributed by atoms with Crippen molar-refractivity contribution in [1.82, 2.24) is 4.90 Å². The minimum atomic E-state index is 0.188. The summed E-state index contributed by atoms with van der Waals surface area (Å²) in [5.41, 5.74) is 2.03. The number of carbonyl (C=O) groups is 1. The van der Waals surface area contributed by atoms with Crippen LogP contribution in [0.2, 0.25) is 0 Å². The van der Waals surface area contributed by atoms with E-state index in [2.05, 4.69) is 0 Å². The second-order valence-electron chi connectivity index (χ2n) is 5.27. The zero-order chi connectivity index (χ0) is 15.4. The van der Waals surface area contributed by atoms with Gasteiger partial charge in [-0.2, -0.15) is 0 Å². The predicted octanol–water partition coefficient (Wildman–Crippen LogP) is 3.69. The van der Waals surface area contributed by atoms with E-state index in [1.54, 1.807) is 18.4 Å². The summed E-state index contributed by atoms with van der Waals surface area (Å²) in [6.07, 6.45) is 0. The average Bonchev–Trinajstić information content (AvgIpc) is 2.78. The van der Waals surface area contributed by atoms with Crippen LogP contribution in [0.3, 0.4) is 0 Å². The van der Waals surface area contributed by atoms with Crippen molar-refractivity contribution in [2.24, 2.45) is 0 Å². The van der Waals surface area contributed by atoms with Gasteiger partial charge in [0, 0.05) is 21.9 Å². The van der Waals surface area contributed by atoms with Crippen molar-refractivity contribution in [2.45, 2.75) is 20.4 Å². The zero-order valence-electron chi connectivity index (χ0n) is 13.0. The number of carbonyl (C=O) groups excluding carboxylic acids is 1. The van der Waals surface area contributed by atoms with Crippen molar-refractivity contribution in [2.75, 3.05) is 20.7 Å². The molecule has 0 saturated heterocycles. The van der Waals surface area contributed by atoms with Gasteiger partial charge in [-0.25, -0.2) is 0 Å². The lowest BCUT2D eigenvalue weighted by molar-refractivity contribution is 0.0943. The van der Waals surface area contributed by atoms with Crippen LogP contribution in [0.1, 0.15) is 25.7 Å². The van der Waals surface area contributed by atoms with Gasteiger partial charge in [-0.1, -0.05) is 12.1 Å². The lowest BCUT2D eigenvalue weighted by Crippen LogP contribution is -2.25. The number of rotatable bonds is 6. The number of likely N-dealkylation sites (N-methyl/N-ethyl adjacent to an activating group) is 1. The minimum Gasteiger partial charge on any atom is -0.497 e.